The third-order valence-corrected chi connectivity index (χ3v) is 5.37. The molecule has 5 aromatic rings. The van der Waals surface area contributed by atoms with Gasteiger partial charge in [-0.25, -0.2) is 9.97 Å². The zero-order valence-corrected chi connectivity index (χ0v) is 18.4. The Morgan fingerprint density at radius 1 is 0.941 bits per heavy atom. The monoisotopic (exact) mass is 450 g/mol. The molecule has 1 atom stereocenters. The lowest BCUT2D eigenvalue weighted by Crippen LogP contribution is -2.10. The zero-order chi connectivity index (χ0) is 23.3. The van der Waals surface area contributed by atoms with Gasteiger partial charge >= 0.3 is 0 Å². The number of carbonyl (C=O) groups excluding carboxylic acids is 1. The molecule has 168 valence electrons. The molecule has 3 aromatic carbocycles. The van der Waals surface area contributed by atoms with E-state index in [2.05, 4.69) is 39.7 Å². The number of hydrogen-bond donors (Lipinski definition) is 2. The van der Waals surface area contributed by atoms with Crippen molar-refractivity contribution in [2.24, 2.45) is 0 Å². The van der Waals surface area contributed by atoms with Gasteiger partial charge in [-0.05, 0) is 55.0 Å². The van der Waals surface area contributed by atoms with E-state index in [1.165, 1.54) is 0 Å². The second kappa shape index (κ2) is 9.41. The molecule has 2 N–H and O–H groups in total. The van der Waals surface area contributed by atoms with Gasteiger partial charge in [0.15, 0.2) is 0 Å². The number of hydrogen-bond acceptors (Lipinski definition) is 6. The van der Waals surface area contributed by atoms with Crippen molar-refractivity contribution in [3.63, 3.8) is 0 Å². The molecule has 0 fully saturated rings. The Balaban J connectivity index is 1.39. The summed E-state index contributed by atoms with van der Waals surface area (Å²) in [4.78, 5) is 24.1. The van der Waals surface area contributed by atoms with Gasteiger partial charge in [-0.3, -0.25) is 9.36 Å². The molecule has 0 radical (unpaired) electrons. The normalized spacial score (nSPS) is 11.7. The summed E-state index contributed by atoms with van der Waals surface area (Å²) >= 11 is 0. The first-order chi connectivity index (χ1) is 16.7. The molecule has 2 aromatic heterocycles. The molecule has 0 aliphatic heterocycles. The van der Waals surface area contributed by atoms with Crippen LogP contribution < -0.4 is 15.4 Å². The third kappa shape index (κ3) is 4.56. The summed E-state index contributed by atoms with van der Waals surface area (Å²) in [7, 11) is 0. The van der Waals surface area contributed by atoms with E-state index in [1.54, 1.807) is 36.8 Å². The average molecular weight is 451 g/mol. The summed E-state index contributed by atoms with van der Waals surface area (Å²) in [6.45, 7) is 2.07. The van der Waals surface area contributed by atoms with Crippen LogP contribution >= 0.6 is 0 Å². The maximum Gasteiger partial charge on any atom is 0.225 e. The number of carbonyl (C=O) groups is 1. The van der Waals surface area contributed by atoms with E-state index < -0.39 is 0 Å². The summed E-state index contributed by atoms with van der Waals surface area (Å²) in [5, 5.41) is 5.96. The van der Waals surface area contributed by atoms with Gasteiger partial charge in [0.2, 0.25) is 12.4 Å². The number of imidazole rings is 1. The van der Waals surface area contributed by atoms with Crippen molar-refractivity contribution in [3.05, 3.63) is 97.0 Å². The second-order valence-corrected chi connectivity index (χ2v) is 7.67. The number of rotatable bonds is 8. The van der Waals surface area contributed by atoms with E-state index in [9.17, 15) is 4.79 Å². The molecule has 8 heteroatoms. The summed E-state index contributed by atoms with van der Waals surface area (Å²) in [6, 6.07) is 24.9. The molecular weight excluding hydrogens is 428 g/mol. The van der Waals surface area contributed by atoms with E-state index in [4.69, 9.17) is 9.72 Å². The maximum atomic E-state index is 10.6. The molecule has 0 aliphatic carbocycles. The van der Waals surface area contributed by atoms with Crippen molar-refractivity contribution in [2.45, 2.75) is 13.0 Å². The fourth-order valence-corrected chi connectivity index (χ4v) is 3.63. The van der Waals surface area contributed by atoms with Gasteiger partial charge in [-0.2, -0.15) is 4.98 Å². The van der Waals surface area contributed by atoms with Crippen LogP contribution in [-0.2, 0) is 4.79 Å². The lowest BCUT2D eigenvalue weighted by Gasteiger charge is -2.14. The van der Waals surface area contributed by atoms with Gasteiger partial charge in [0.1, 0.15) is 23.6 Å². The van der Waals surface area contributed by atoms with Gasteiger partial charge in [0.25, 0.3) is 0 Å². The highest BCUT2D eigenvalue weighted by molar-refractivity contribution is 5.79. The fraction of sp³-hybridized carbons (Fsp3) is 0.0769. The lowest BCUT2D eigenvalue weighted by molar-refractivity contribution is -0.105. The maximum absolute atomic E-state index is 10.6. The highest BCUT2D eigenvalue weighted by atomic mass is 16.5. The SMILES string of the molecule is C[C@H](Nc1nccc(-n2cnc3ccc(Oc4ccc(NC=O)cc4)cc32)n1)c1ccccc1. The second-order valence-electron chi connectivity index (χ2n) is 7.67. The highest BCUT2D eigenvalue weighted by Crippen LogP contribution is 2.27. The minimum atomic E-state index is 0.0594. The van der Waals surface area contributed by atoms with Gasteiger partial charge in [0.05, 0.1) is 17.1 Å². The van der Waals surface area contributed by atoms with Crippen LogP contribution in [0.4, 0.5) is 11.6 Å². The molecule has 1 amide bonds. The Bertz CT molecular complexity index is 1420. The van der Waals surface area contributed by atoms with Crippen molar-refractivity contribution in [1.29, 1.82) is 0 Å². The van der Waals surface area contributed by atoms with Crippen LogP contribution in [0.1, 0.15) is 18.5 Å². The number of amides is 1. The Hall–Kier alpha value is -4.72. The van der Waals surface area contributed by atoms with Crippen LogP contribution in [0.25, 0.3) is 16.9 Å². The molecule has 0 aliphatic rings. The average Bonchev–Trinajstić information content (AvgIpc) is 3.29. The number of nitrogens with one attached hydrogen (secondary N) is 2. The molecule has 0 saturated carbocycles. The minimum absolute atomic E-state index is 0.0594. The summed E-state index contributed by atoms with van der Waals surface area (Å²) < 4.78 is 7.91. The van der Waals surface area contributed by atoms with E-state index in [0.29, 0.717) is 35.4 Å². The first-order valence-corrected chi connectivity index (χ1v) is 10.8. The Morgan fingerprint density at radius 3 is 2.53 bits per heavy atom. The van der Waals surface area contributed by atoms with Crippen molar-refractivity contribution in [3.8, 4) is 17.3 Å². The molecule has 5 rings (SSSR count). The molecule has 2 heterocycles. The van der Waals surface area contributed by atoms with Crippen molar-refractivity contribution >= 4 is 29.1 Å². The lowest BCUT2D eigenvalue weighted by atomic mass is 10.1. The quantitative estimate of drug-likeness (QED) is 0.310. The molecule has 0 spiro atoms. The van der Waals surface area contributed by atoms with E-state index >= 15 is 0 Å². The summed E-state index contributed by atoms with van der Waals surface area (Å²) in [5.74, 6) is 2.55. The Labute approximate surface area is 196 Å². The van der Waals surface area contributed by atoms with Crippen LogP contribution in [0.15, 0.2) is 91.4 Å². The third-order valence-electron chi connectivity index (χ3n) is 5.37. The standard InChI is InChI=1S/C26H22N6O2/c1-18(19-5-3-2-4-6-19)30-26-27-14-13-25(31-26)32-16-28-23-12-11-22(15-24(23)32)34-21-9-7-20(8-10-21)29-17-33/h2-18H,1H3,(H,29,33)(H,27,30,31)/t18-/m0/s1. The molecule has 0 bridgehead atoms. The predicted octanol–water partition coefficient (Wildman–Crippen LogP) is 5.35. The smallest absolute Gasteiger partial charge is 0.225 e. The fourth-order valence-electron chi connectivity index (χ4n) is 3.63. The van der Waals surface area contributed by atoms with Gasteiger partial charge in [0, 0.05) is 18.0 Å². The van der Waals surface area contributed by atoms with Crippen molar-refractivity contribution in [1.82, 2.24) is 19.5 Å². The van der Waals surface area contributed by atoms with Crippen molar-refractivity contribution in [2.75, 3.05) is 10.6 Å². The molecule has 34 heavy (non-hydrogen) atoms. The number of aromatic nitrogens is 4. The van der Waals surface area contributed by atoms with Crippen LogP contribution in [0.2, 0.25) is 0 Å². The Kier molecular flexibility index (Phi) is 5.85. The largest absolute Gasteiger partial charge is 0.457 e. The number of ether oxygens (including phenoxy) is 1. The van der Waals surface area contributed by atoms with Crippen LogP contribution in [0.3, 0.4) is 0 Å². The molecule has 0 saturated heterocycles. The summed E-state index contributed by atoms with van der Waals surface area (Å²) in [6.07, 6.45) is 4.10. The van der Waals surface area contributed by atoms with E-state index in [-0.39, 0.29) is 6.04 Å². The van der Waals surface area contributed by atoms with Crippen LogP contribution in [0, 0.1) is 0 Å². The van der Waals surface area contributed by atoms with Crippen molar-refractivity contribution < 1.29 is 9.53 Å². The number of fused-ring (bicyclic) bond motifs is 1. The number of benzene rings is 3. The highest BCUT2D eigenvalue weighted by Gasteiger charge is 2.11. The molecule has 8 nitrogen and oxygen atoms in total. The first kappa shape index (κ1) is 21.1. The van der Waals surface area contributed by atoms with E-state index in [0.717, 1.165) is 16.6 Å². The van der Waals surface area contributed by atoms with Crippen LogP contribution in [-0.4, -0.2) is 25.9 Å². The van der Waals surface area contributed by atoms with Gasteiger partial charge in [-0.1, -0.05) is 30.3 Å². The topological polar surface area (TPSA) is 94.0 Å². The molecular formula is C26H22N6O2. The summed E-state index contributed by atoms with van der Waals surface area (Å²) in [5.41, 5.74) is 3.54. The first-order valence-electron chi connectivity index (χ1n) is 10.8. The zero-order valence-electron chi connectivity index (χ0n) is 18.4. The Morgan fingerprint density at radius 2 is 1.74 bits per heavy atom. The number of anilines is 2. The van der Waals surface area contributed by atoms with Gasteiger partial charge < -0.3 is 15.4 Å². The number of nitrogens with zero attached hydrogens (tertiary/aromatic N) is 4. The van der Waals surface area contributed by atoms with E-state index in [1.807, 2.05) is 47.0 Å². The minimum Gasteiger partial charge on any atom is -0.457 e. The predicted molar refractivity (Wildman–Crippen MR) is 131 cm³/mol. The molecule has 0 unspecified atom stereocenters. The van der Waals surface area contributed by atoms with Crippen LogP contribution in [0.5, 0.6) is 11.5 Å². The van der Waals surface area contributed by atoms with Gasteiger partial charge in [-0.15, -0.1) is 0 Å².